The number of rotatable bonds is 5. The molecule has 7 heteroatoms. The molecule has 1 aromatic rings. The number of hydrogen-bond acceptors (Lipinski definition) is 6. The predicted octanol–water partition coefficient (Wildman–Crippen LogP) is 2.09. The molecule has 2 aliphatic rings. The van der Waals surface area contributed by atoms with Crippen molar-refractivity contribution in [3.8, 4) is 0 Å². The van der Waals surface area contributed by atoms with Gasteiger partial charge in [-0.2, -0.15) is 0 Å². The lowest BCUT2D eigenvalue weighted by Crippen LogP contribution is -2.76. The fourth-order valence-electron chi connectivity index (χ4n) is 4.21. The van der Waals surface area contributed by atoms with Gasteiger partial charge in [-0.05, 0) is 13.8 Å². The van der Waals surface area contributed by atoms with Crippen molar-refractivity contribution in [3.05, 3.63) is 17.6 Å². The van der Waals surface area contributed by atoms with Crippen molar-refractivity contribution in [1.82, 2.24) is 14.9 Å². The molecule has 3 rings (SSSR count). The van der Waals surface area contributed by atoms with E-state index in [4.69, 9.17) is 15.5 Å². The average Bonchev–Trinajstić information content (AvgIpc) is 2.66. The van der Waals surface area contributed by atoms with E-state index in [1.165, 1.54) is 0 Å². The average molecular weight is 390 g/mol. The first-order valence-electron chi connectivity index (χ1n) is 10.4. The molecular formula is C21H35N5O2. The third-order valence-electron chi connectivity index (χ3n) is 6.48. The van der Waals surface area contributed by atoms with E-state index < -0.39 is 5.54 Å². The maximum absolute atomic E-state index is 13.2. The molecule has 0 spiro atoms. The smallest absolute Gasteiger partial charge is 0.243 e. The monoisotopic (exact) mass is 389 g/mol. The molecule has 28 heavy (non-hydrogen) atoms. The Morgan fingerprint density at radius 1 is 1.29 bits per heavy atom. The Morgan fingerprint density at radius 2 is 1.93 bits per heavy atom. The van der Waals surface area contributed by atoms with Crippen LogP contribution in [0.15, 0.2) is 6.07 Å². The number of aryl methyl sites for hydroxylation is 1. The highest BCUT2D eigenvalue weighted by atomic mass is 16.5. The van der Waals surface area contributed by atoms with Gasteiger partial charge in [0.2, 0.25) is 5.91 Å². The minimum atomic E-state index is -0.842. The molecule has 1 aromatic heterocycles. The molecule has 2 fully saturated rings. The van der Waals surface area contributed by atoms with Crippen molar-refractivity contribution >= 4 is 11.7 Å². The summed E-state index contributed by atoms with van der Waals surface area (Å²) in [4.78, 5) is 26.6. The van der Waals surface area contributed by atoms with Gasteiger partial charge in [-0.1, -0.05) is 27.7 Å². The van der Waals surface area contributed by atoms with Crippen molar-refractivity contribution < 1.29 is 9.53 Å². The molecule has 1 saturated carbocycles. The van der Waals surface area contributed by atoms with E-state index in [2.05, 4.69) is 23.7 Å². The predicted molar refractivity (Wildman–Crippen MR) is 110 cm³/mol. The zero-order chi connectivity index (χ0) is 20.7. The van der Waals surface area contributed by atoms with Gasteiger partial charge in [0.05, 0.1) is 6.10 Å². The van der Waals surface area contributed by atoms with E-state index in [0.717, 1.165) is 30.4 Å². The summed E-state index contributed by atoms with van der Waals surface area (Å²) >= 11 is 0. The van der Waals surface area contributed by atoms with Gasteiger partial charge in [0.25, 0.3) is 0 Å². The van der Waals surface area contributed by atoms with Crippen molar-refractivity contribution in [2.45, 2.75) is 65.5 Å². The maximum atomic E-state index is 13.2. The van der Waals surface area contributed by atoms with Crippen LogP contribution in [0.1, 0.15) is 58.5 Å². The first kappa shape index (κ1) is 21.0. The fourth-order valence-corrected chi connectivity index (χ4v) is 4.21. The minimum absolute atomic E-state index is 0.0474. The normalized spacial score (nSPS) is 27.1. The van der Waals surface area contributed by atoms with E-state index in [1.807, 2.05) is 38.7 Å². The first-order valence-corrected chi connectivity index (χ1v) is 10.4. The SMILES string of the molecule is CCOC1CC(N)(C(=O)N2CCN(c3cc(C)nc(C(C)C)n3)CC2)C1(C)C. The summed E-state index contributed by atoms with van der Waals surface area (Å²) in [6, 6.07) is 2.02. The second-order valence-corrected chi connectivity index (χ2v) is 9.00. The molecule has 1 aliphatic carbocycles. The molecule has 0 radical (unpaired) electrons. The molecule has 0 aromatic carbocycles. The van der Waals surface area contributed by atoms with Crippen LogP contribution in [-0.2, 0) is 9.53 Å². The first-order chi connectivity index (χ1) is 13.1. The molecule has 2 heterocycles. The van der Waals surface area contributed by atoms with Crippen LogP contribution in [0.2, 0.25) is 0 Å². The lowest BCUT2D eigenvalue weighted by atomic mass is 9.54. The third-order valence-corrected chi connectivity index (χ3v) is 6.48. The van der Waals surface area contributed by atoms with Gasteiger partial charge in [0.1, 0.15) is 17.2 Å². The van der Waals surface area contributed by atoms with Crippen LogP contribution in [0.25, 0.3) is 0 Å². The summed E-state index contributed by atoms with van der Waals surface area (Å²) in [6.45, 7) is 15.8. The number of nitrogens with two attached hydrogens (primary N) is 1. The largest absolute Gasteiger partial charge is 0.378 e. The summed E-state index contributed by atoms with van der Waals surface area (Å²) in [5, 5.41) is 0. The van der Waals surface area contributed by atoms with Gasteiger partial charge in [-0.25, -0.2) is 9.97 Å². The molecule has 1 saturated heterocycles. The van der Waals surface area contributed by atoms with Gasteiger partial charge >= 0.3 is 0 Å². The number of nitrogens with zero attached hydrogens (tertiary/aromatic N) is 4. The van der Waals surface area contributed by atoms with Gasteiger partial charge < -0.3 is 20.3 Å². The number of carbonyl (C=O) groups excluding carboxylic acids is 1. The van der Waals surface area contributed by atoms with E-state index in [9.17, 15) is 4.79 Å². The zero-order valence-electron chi connectivity index (χ0n) is 18.2. The quantitative estimate of drug-likeness (QED) is 0.830. The second kappa shape index (κ2) is 7.59. The van der Waals surface area contributed by atoms with E-state index >= 15 is 0 Å². The van der Waals surface area contributed by atoms with Gasteiger partial charge in [-0.15, -0.1) is 0 Å². The molecule has 0 bridgehead atoms. The van der Waals surface area contributed by atoms with Gasteiger partial charge in [0.15, 0.2) is 0 Å². The van der Waals surface area contributed by atoms with E-state index in [0.29, 0.717) is 26.1 Å². The highest BCUT2D eigenvalue weighted by Crippen LogP contribution is 2.50. The lowest BCUT2D eigenvalue weighted by Gasteiger charge is -2.59. The number of aromatic nitrogens is 2. The van der Waals surface area contributed by atoms with Gasteiger partial charge in [-0.3, -0.25) is 4.79 Å². The summed E-state index contributed by atoms with van der Waals surface area (Å²) < 4.78 is 5.77. The van der Waals surface area contributed by atoms with Crippen molar-refractivity contribution in [1.29, 1.82) is 0 Å². The maximum Gasteiger partial charge on any atom is 0.243 e. The zero-order valence-corrected chi connectivity index (χ0v) is 18.2. The molecule has 156 valence electrons. The molecule has 2 unspecified atom stereocenters. The standard InChI is InChI=1S/C21H35N5O2/c1-7-28-16-13-21(22,20(16,5)6)19(27)26-10-8-25(9-11-26)17-12-15(4)23-18(24-17)14(2)3/h12,14,16H,7-11,13,22H2,1-6H3. The molecule has 2 atom stereocenters. The Kier molecular flexibility index (Phi) is 5.69. The second-order valence-electron chi connectivity index (χ2n) is 9.00. The van der Waals surface area contributed by atoms with Crippen molar-refractivity contribution in [2.24, 2.45) is 11.1 Å². The number of carbonyl (C=O) groups is 1. The molecule has 1 amide bonds. The fraction of sp³-hybridized carbons (Fsp3) is 0.762. The topological polar surface area (TPSA) is 84.6 Å². The van der Waals surface area contributed by atoms with Crippen LogP contribution in [0.5, 0.6) is 0 Å². The van der Waals surface area contributed by atoms with Crippen LogP contribution >= 0.6 is 0 Å². The number of amides is 1. The van der Waals surface area contributed by atoms with E-state index in [1.54, 1.807) is 0 Å². The third kappa shape index (κ3) is 3.50. The van der Waals surface area contributed by atoms with Crippen LogP contribution in [0, 0.1) is 12.3 Å². The summed E-state index contributed by atoms with van der Waals surface area (Å²) in [6.07, 6.45) is 0.640. The Morgan fingerprint density at radius 3 is 2.46 bits per heavy atom. The highest BCUT2D eigenvalue weighted by Gasteiger charge is 2.63. The number of piperazine rings is 1. The molecule has 7 nitrogen and oxygen atoms in total. The van der Waals surface area contributed by atoms with Crippen molar-refractivity contribution in [3.63, 3.8) is 0 Å². The summed E-state index contributed by atoms with van der Waals surface area (Å²) in [5.74, 6) is 2.16. The Hall–Kier alpha value is -1.73. The summed E-state index contributed by atoms with van der Waals surface area (Å²) in [7, 11) is 0. The lowest BCUT2D eigenvalue weighted by molar-refractivity contribution is -0.179. The molecular weight excluding hydrogens is 354 g/mol. The number of ether oxygens (including phenoxy) is 1. The van der Waals surface area contributed by atoms with Crippen LogP contribution in [0.4, 0.5) is 5.82 Å². The van der Waals surface area contributed by atoms with Crippen LogP contribution in [0.3, 0.4) is 0 Å². The van der Waals surface area contributed by atoms with Crippen LogP contribution < -0.4 is 10.6 Å². The van der Waals surface area contributed by atoms with Crippen LogP contribution in [-0.4, -0.2) is 65.2 Å². The molecule has 2 N–H and O–H groups in total. The Labute approximate surface area is 168 Å². The minimum Gasteiger partial charge on any atom is -0.378 e. The number of hydrogen-bond donors (Lipinski definition) is 1. The Bertz CT molecular complexity index is 728. The molecule has 1 aliphatic heterocycles. The number of anilines is 1. The highest BCUT2D eigenvalue weighted by molar-refractivity contribution is 5.89. The Balaban J connectivity index is 1.65. The van der Waals surface area contributed by atoms with Gasteiger partial charge in [0, 0.05) is 62.3 Å². The van der Waals surface area contributed by atoms with E-state index in [-0.39, 0.29) is 23.3 Å². The van der Waals surface area contributed by atoms with Crippen molar-refractivity contribution in [2.75, 3.05) is 37.7 Å². The summed E-state index contributed by atoms with van der Waals surface area (Å²) in [5.41, 5.74) is 6.37.